The zero-order chi connectivity index (χ0) is 12.8. The lowest BCUT2D eigenvalue weighted by Crippen LogP contribution is -2.00. The van der Waals surface area contributed by atoms with Crippen LogP contribution in [0.2, 0.25) is 0 Å². The third-order valence-corrected chi connectivity index (χ3v) is 4.03. The minimum Gasteiger partial charge on any atom is -0.374 e. The van der Waals surface area contributed by atoms with Crippen molar-refractivity contribution in [1.29, 1.82) is 0 Å². The van der Waals surface area contributed by atoms with Gasteiger partial charge in [0.1, 0.15) is 16.5 Å². The van der Waals surface area contributed by atoms with Gasteiger partial charge in [0.05, 0.1) is 0 Å². The number of nitrogens with zero attached hydrogens (tertiary/aromatic N) is 2. The van der Waals surface area contributed by atoms with Crippen molar-refractivity contribution in [3.8, 4) is 0 Å². The third kappa shape index (κ3) is 3.68. The molecule has 0 fully saturated rings. The fraction of sp³-hybridized carbons (Fsp3) is 0.333. The van der Waals surface area contributed by atoms with Crippen molar-refractivity contribution in [2.24, 2.45) is 0 Å². The Morgan fingerprint density at radius 2 is 2.11 bits per heavy atom. The fourth-order valence-corrected chi connectivity index (χ4v) is 2.89. The molecule has 0 aliphatic rings. The third-order valence-electron chi connectivity index (χ3n) is 2.28. The maximum Gasteiger partial charge on any atom is 0.134 e. The highest BCUT2D eigenvalue weighted by Crippen LogP contribution is 2.27. The first-order chi connectivity index (χ1) is 8.79. The van der Waals surface area contributed by atoms with E-state index in [0.717, 1.165) is 34.3 Å². The molecular weight excluding hydrogens is 269 g/mol. The molecule has 0 aliphatic carbocycles. The first kappa shape index (κ1) is 13.3. The monoisotopic (exact) mass is 283 g/mol. The summed E-state index contributed by atoms with van der Waals surface area (Å²) in [6, 6.07) is 6.49. The van der Waals surface area contributed by atoms with E-state index in [2.05, 4.69) is 21.8 Å². The molecule has 2 rings (SSSR count). The molecule has 1 N–H and O–H groups in total. The Hall–Kier alpha value is -1.14. The Balaban J connectivity index is 1.93. The molecule has 0 unspecified atom stereocenters. The van der Waals surface area contributed by atoms with Crippen LogP contribution < -0.4 is 5.32 Å². The van der Waals surface area contributed by atoms with E-state index in [-0.39, 0.29) is 5.82 Å². The maximum atomic E-state index is 12.8. The van der Waals surface area contributed by atoms with Crippen molar-refractivity contribution < 1.29 is 4.39 Å². The van der Waals surface area contributed by atoms with Crippen LogP contribution in [0, 0.1) is 5.82 Å². The Morgan fingerprint density at radius 1 is 1.33 bits per heavy atom. The van der Waals surface area contributed by atoms with Crippen molar-refractivity contribution in [2.45, 2.75) is 24.0 Å². The maximum absolute atomic E-state index is 12.8. The topological polar surface area (TPSA) is 37.8 Å². The average Bonchev–Trinajstić information content (AvgIpc) is 2.83. The quantitative estimate of drug-likeness (QED) is 0.818. The van der Waals surface area contributed by atoms with Gasteiger partial charge in [-0.25, -0.2) is 4.39 Å². The normalized spacial score (nSPS) is 10.6. The van der Waals surface area contributed by atoms with Gasteiger partial charge in [0, 0.05) is 28.7 Å². The van der Waals surface area contributed by atoms with Crippen molar-refractivity contribution in [3.05, 3.63) is 35.8 Å². The summed E-state index contributed by atoms with van der Waals surface area (Å²) >= 11 is 3.01. The first-order valence-electron chi connectivity index (χ1n) is 5.73. The second-order valence-electron chi connectivity index (χ2n) is 3.72. The minimum atomic E-state index is -0.208. The zero-order valence-corrected chi connectivity index (χ0v) is 11.7. The molecular formula is C12H14FN3S2. The molecule has 0 saturated carbocycles. The molecule has 0 radical (unpaired) electrons. The number of hydrogen-bond acceptors (Lipinski definition) is 5. The highest BCUT2D eigenvalue weighted by molar-refractivity contribution is 7.98. The fourth-order valence-electron chi connectivity index (χ4n) is 1.36. The van der Waals surface area contributed by atoms with Crippen LogP contribution in [0.1, 0.15) is 19.0 Å². The van der Waals surface area contributed by atoms with Crippen molar-refractivity contribution >= 4 is 28.3 Å². The highest BCUT2D eigenvalue weighted by Gasteiger charge is 2.07. The van der Waals surface area contributed by atoms with Crippen LogP contribution >= 0.6 is 23.3 Å². The van der Waals surface area contributed by atoms with Crippen LogP contribution in [0.5, 0.6) is 0 Å². The molecule has 0 amide bonds. The molecule has 1 aromatic carbocycles. The van der Waals surface area contributed by atoms with Gasteiger partial charge >= 0.3 is 0 Å². The van der Waals surface area contributed by atoms with Crippen molar-refractivity contribution in [3.63, 3.8) is 0 Å². The number of aromatic nitrogens is 2. The van der Waals surface area contributed by atoms with Gasteiger partial charge in [0.25, 0.3) is 0 Å². The summed E-state index contributed by atoms with van der Waals surface area (Å²) in [5.74, 6) is 0.536. The molecule has 18 heavy (non-hydrogen) atoms. The number of hydrogen-bond donors (Lipinski definition) is 1. The van der Waals surface area contributed by atoms with E-state index in [9.17, 15) is 4.39 Å². The van der Waals surface area contributed by atoms with Crippen LogP contribution in [-0.2, 0) is 5.75 Å². The van der Waals surface area contributed by atoms with E-state index in [1.165, 1.54) is 23.7 Å². The second kappa shape index (κ2) is 6.70. The summed E-state index contributed by atoms with van der Waals surface area (Å²) in [5, 5.41) is 8.46. The lowest BCUT2D eigenvalue weighted by atomic mass is 10.4. The lowest BCUT2D eigenvalue weighted by Gasteiger charge is -2.03. The standard InChI is InChI=1S/C12H14FN3S2/c1-2-7-14-12-11(15-16-18-12)8-17-10-5-3-9(13)4-6-10/h3-6,14H,2,7-8H2,1H3. The Morgan fingerprint density at radius 3 is 2.83 bits per heavy atom. The Kier molecular flexibility index (Phi) is 4.95. The molecule has 6 heteroatoms. The molecule has 0 bridgehead atoms. The summed E-state index contributed by atoms with van der Waals surface area (Å²) in [5.41, 5.74) is 0.961. The van der Waals surface area contributed by atoms with Crippen molar-refractivity contribution in [2.75, 3.05) is 11.9 Å². The van der Waals surface area contributed by atoms with Gasteiger partial charge in [-0.05, 0) is 30.7 Å². The van der Waals surface area contributed by atoms with Crippen LogP contribution in [-0.4, -0.2) is 16.1 Å². The van der Waals surface area contributed by atoms with E-state index < -0.39 is 0 Å². The van der Waals surface area contributed by atoms with Crippen LogP contribution in [0.3, 0.4) is 0 Å². The molecule has 0 atom stereocenters. The number of halogens is 1. The summed E-state index contributed by atoms with van der Waals surface area (Å²) < 4.78 is 16.7. The molecule has 0 spiro atoms. The predicted molar refractivity (Wildman–Crippen MR) is 74.7 cm³/mol. The van der Waals surface area contributed by atoms with Gasteiger partial charge in [-0.1, -0.05) is 11.4 Å². The first-order valence-corrected chi connectivity index (χ1v) is 7.49. The largest absolute Gasteiger partial charge is 0.374 e. The number of benzene rings is 1. The average molecular weight is 283 g/mol. The molecule has 96 valence electrons. The zero-order valence-electron chi connectivity index (χ0n) is 10.0. The predicted octanol–water partition coefficient (Wildman–Crippen LogP) is 3.79. The minimum absolute atomic E-state index is 0.208. The molecule has 1 heterocycles. The van der Waals surface area contributed by atoms with Gasteiger partial charge in [0.15, 0.2) is 0 Å². The molecule has 0 aliphatic heterocycles. The Bertz CT molecular complexity index is 484. The number of thioether (sulfide) groups is 1. The summed E-state index contributed by atoms with van der Waals surface area (Å²) in [7, 11) is 0. The highest BCUT2D eigenvalue weighted by atomic mass is 32.2. The number of nitrogens with one attached hydrogen (secondary N) is 1. The van der Waals surface area contributed by atoms with Gasteiger partial charge < -0.3 is 5.32 Å². The van der Waals surface area contributed by atoms with E-state index in [0.29, 0.717) is 0 Å². The molecule has 2 aromatic rings. The van der Waals surface area contributed by atoms with Crippen LogP contribution in [0.15, 0.2) is 29.2 Å². The molecule has 3 nitrogen and oxygen atoms in total. The summed E-state index contributed by atoms with van der Waals surface area (Å²) in [6.07, 6.45) is 1.07. The van der Waals surface area contributed by atoms with E-state index in [1.807, 2.05) is 0 Å². The smallest absolute Gasteiger partial charge is 0.134 e. The molecule has 1 aromatic heterocycles. The van der Waals surface area contributed by atoms with E-state index >= 15 is 0 Å². The van der Waals surface area contributed by atoms with Gasteiger partial charge in [0.2, 0.25) is 0 Å². The van der Waals surface area contributed by atoms with E-state index in [4.69, 9.17) is 0 Å². The second-order valence-corrected chi connectivity index (χ2v) is 5.52. The summed E-state index contributed by atoms with van der Waals surface area (Å²) in [6.45, 7) is 3.05. The number of rotatable bonds is 6. The van der Waals surface area contributed by atoms with Crippen LogP contribution in [0.4, 0.5) is 9.39 Å². The van der Waals surface area contributed by atoms with Crippen molar-refractivity contribution in [1.82, 2.24) is 9.59 Å². The lowest BCUT2D eigenvalue weighted by molar-refractivity contribution is 0.626. The summed E-state index contributed by atoms with van der Waals surface area (Å²) in [4.78, 5) is 1.03. The van der Waals surface area contributed by atoms with Gasteiger partial charge in [-0.3, -0.25) is 0 Å². The van der Waals surface area contributed by atoms with Crippen LogP contribution in [0.25, 0.3) is 0 Å². The van der Waals surface area contributed by atoms with E-state index in [1.54, 1.807) is 23.9 Å². The Labute approximate surface area is 114 Å². The SMILES string of the molecule is CCCNc1snnc1CSc1ccc(F)cc1. The number of anilines is 1. The van der Waals surface area contributed by atoms with Gasteiger partial charge in [-0.15, -0.1) is 16.9 Å². The van der Waals surface area contributed by atoms with Gasteiger partial charge in [-0.2, -0.15) is 0 Å². The molecule has 0 saturated heterocycles.